The molecule has 7 nitrogen and oxygen atoms in total. The number of methoxy groups -OCH3 is 1. The summed E-state index contributed by atoms with van der Waals surface area (Å²) in [6, 6.07) is 25.0. The monoisotopic (exact) mass is 488 g/mol. The highest BCUT2D eigenvalue weighted by atomic mass is 32.1. The molecule has 1 atom stereocenters. The molecule has 4 aromatic rings. The van der Waals surface area contributed by atoms with Gasteiger partial charge in [0.05, 0.1) is 19.8 Å². The number of aromatic nitrogens is 3. The fraction of sp³-hybridized carbons (Fsp3) is 0.222. The van der Waals surface area contributed by atoms with Crippen LogP contribution in [0.1, 0.15) is 30.5 Å². The summed E-state index contributed by atoms with van der Waals surface area (Å²) in [6.07, 6.45) is 0.247. The normalized spacial score (nSPS) is 11.6. The molecule has 1 unspecified atom stereocenters. The molecule has 0 fully saturated rings. The minimum Gasteiger partial charge on any atom is -0.497 e. The smallest absolute Gasteiger partial charge is 0.222 e. The summed E-state index contributed by atoms with van der Waals surface area (Å²) in [5.74, 6) is 2.15. The van der Waals surface area contributed by atoms with Crippen molar-refractivity contribution in [2.45, 2.75) is 25.9 Å². The molecule has 180 valence electrons. The number of benzene rings is 3. The summed E-state index contributed by atoms with van der Waals surface area (Å²) >= 11 is 5.42. The number of rotatable bonds is 10. The maximum absolute atomic E-state index is 13.1. The number of H-pyrrole nitrogens is 1. The zero-order chi connectivity index (χ0) is 24.6. The van der Waals surface area contributed by atoms with E-state index in [4.69, 9.17) is 21.7 Å². The van der Waals surface area contributed by atoms with Crippen LogP contribution >= 0.6 is 12.2 Å². The lowest BCUT2D eigenvalue weighted by atomic mass is 9.98. The molecule has 1 amide bonds. The Morgan fingerprint density at radius 2 is 1.66 bits per heavy atom. The SMILES string of the molecule is CCOc1ccc(C(NC(=O)CCn2c(-c3ccc(OC)cc3)n[nH]c2=S)c2ccccc2)cc1. The number of nitrogens with zero attached hydrogens (tertiary/aromatic N) is 2. The van der Waals surface area contributed by atoms with E-state index in [9.17, 15) is 4.79 Å². The van der Waals surface area contributed by atoms with Gasteiger partial charge in [-0.1, -0.05) is 42.5 Å². The second-order valence-electron chi connectivity index (χ2n) is 7.90. The number of nitrogens with one attached hydrogen (secondary N) is 2. The molecule has 8 heteroatoms. The van der Waals surface area contributed by atoms with E-state index in [2.05, 4.69) is 15.5 Å². The first-order chi connectivity index (χ1) is 17.1. The molecule has 4 rings (SSSR count). The molecule has 2 N–H and O–H groups in total. The molecule has 0 aliphatic heterocycles. The van der Waals surface area contributed by atoms with Crippen LogP contribution in [0.4, 0.5) is 0 Å². The lowest BCUT2D eigenvalue weighted by Gasteiger charge is -2.20. The van der Waals surface area contributed by atoms with Crippen molar-refractivity contribution < 1.29 is 14.3 Å². The molecule has 0 saturated heterocycles. The molecular formula is C27H28N4O3S. The first-order valence-corrected chi connectivity index (χ1v) is 11.9. The molecule has 0 aliphatic carbocycles. The molecule has 0 bridgehead atoms. The highest BCUT2D eigenvalue weighted by Gasteiger charge is 2.18. The van der Waals surface area contributed by atoms with Crippen molar-refractivity contribution in [3.63, 3.8) is 0 Å². The van der Waals surface area contributed by atoms with Crippen molar-refractivity contribution >= 4 is 18.1 Å². The van der Waals surface area contributed by atoms with Crippen LogP contribution < -0.4 is 14.8 Å². The molecule has 1 aromatic heterocycles. The molecule has 1 heterocycles. The molecule has 35 heavy (non-hydrogen) atoms. The molecule has 0 aliphatic rings. The van der Waals surface area contributed by atoms with Gasteiger partial charge in [0.2, 0.25) is 5.91 Å². The van der Waals surface area contributed by atoms with Gasteiger partial charge in [-0.3, -0.25) is 14.5 Å². The van der Waals surface area contributed by atoms with E-state index in [1.165, 1.54) is 0 Å². The van der Waals surface area contributed by atoms with Crippen molar-refractivity contribution in [1.29, 1.82) is 0 Å². The molecule has 3 aromatic carbocycles. The van der Waals surface area contributed by atoms with Crippen LogP contribution in [0.15, 0.2) is 78.9 Å². The van der Waals surface area contributed by atoms with Gasteiger partial charge in [-0.15, -0.1) is 0 Å². The van der Waals surface area contributed by atoms with Gasteiger partial charge in [-0.25, -0.2) is 0 Å². The van der Waals surface area contributed by atoms with Crippen molar-refractivity contribution in [3.05, 3.63) is 94.8 Å². The molecule has 0 radical (unpaired) electrons. The standard InChI is InChI=1S/C27H28N4O3S/c1-3-34-23-15-9-20(10-16-23)25(19-7-5-4-6-8-19)28-24(32)17-18-31-26(29-30-27(31)35)21-11-13-22(33-2)14-12-21/h4-16,25H,3,17-18H2,1-2H3,(H,28,32)(H,30,35). The fourth-order valence-electron chi connectivity index (χ4n) is 3.86. The van der Waals surface area contributed by atoms with Crippen LogP contribution in [0.25, 0.3) is 11.4 Å². The van der Waals surface area contributed by atoms with E-state index in [0.717, 1.165) is 28.2 Å². The number of carbonyl (C=O) groups excluding carboxylic acids is 1. The van der Waals surface area contributed by atoms with Crippen LogP contribution in [0.2, 0.25) is 0 Å². The van der Waals surface area contributed by atoms with E-state index >= 15 is 0 Å². The van der Waals surface area contributed by atoms with E-state index in [1.54, 1.807) is 7.11 Å². The van der Waals surface area contributed by atoms with Crippen molar-refractivity contribution in [2.24, 2.45) is 0 Å². The third-order valence-corrected chi connectivity index (χ3v) is 5.94. The number of aromatic amines is 1. The predicted octanol–water partition coefficient (Wildman–Crippen LogP) is 5.31. The Balaban J connectivity index is 1.50. The number of amides is 1. The van der Waals surface area contributed by atoms with Crippen LogP contribution in [-0.4, -0.2) is 34.4 Å². The molecule has 0 saturated carbocycles. The first kappa shape index (κ1) is 24.2. The molecular weight excluding hydrogens is 460 g/mol. The van der Waals surface area contributed by atoms with E-state index in [-0.39, 0.29) is 18.4 Å². The van der Waals surface area contributed by atoms with E-state index in [0.29, 0.717) is 23.7 Å². The maximum Gasteiger partial charge on any atom is 0.222 e. The van der Waals surface area contributed by atoms with Gasteiger partial charge < -0.3 is 14.8 Å². The number of ether oxygens (including phenoxy) is 2. The summed E-state index contributed by atoms with van der Waals surface area (Å²) < 4.78 is 13.1. The first-order valence-electron chi connectivity index (χ1n) is 11.5. The zero-order valence-corrected chi connectivity index (χ0v) is 20.5. The Morgan fingerprint density at radius 3 is 2.31 bits per heavy atom. The second kappa shape index (κ2) is 11.5. The van der Waals surface area contributed by atoms with Gasteiger partial charge in [-0.05, 0) is 66.7 Å². The summed E-state index contributed by atoms with van der Waals surface area (Å²) in [4.78, 5) is 13.1. The number of hydrogen-bond donors (Lipinski definition) is 2. The average molecular weight is 489 g/mol. The Hall–Kier alpha value is -3.91. The van der Waals surface area contributed by atoms with Crippen LogP contribution in [0, 0.1) is 4.77 Å². The topological polar surface area (TPSA) is 81.2 Å². The fourth-order valence-corrected chi connectivity index (χ4v) is 4.08. The second-order valence-corrected chi connectivity index (χ2v) is 8.28. The van der Waals surface area contributed by atoms with Crippen molar-refractivity contribution in [3.8, 4) is 22.9 Å². The minimum absolute atomic E-state index is 0.0866. The van der Waals surface area contributed by atoms with Gasteiger partial charge in [-0.2, -0.15) is 5.10 Å². The quantitative estimate of drug-likeness (QED) is 0.296. The zero-order valence-electron chi connectivity index (χ0n) is 19.7. The molecule has 0 spiro atoms. The Morgan fingerprint density at radius 1 is 1.00 bits per heavy atom. The van der Waals surface area contributed by atoms with Crippen LogP contribution in [0.3, 0.4) is 0 Å². The van der Waals surface area contributed by atoms with Gasteiger partial charge >= 0.3 is 0 Å². The third-order valence-electron chi connectivity index (χ3n) is 5.63. The van der Waals surface area contributed by atoms with Crippen LogP contribution in [-0.2, 0) is 11.3 Å². The highest BCUT2D eigenvalue weighted by Crippen LogP contribution is 2.25. The summed E-state index contributed by atoms with van der Waals surface area (Å²) in [5.41, 5.74) is 2.87. The van der Waals surface area contributed by atoms with Crippen molar-refractivity contribution in [2.75, 3.05) is 13.7 Å². The third kappa shape index (κ3) is 5.96. The maximum atomic E-state index is 13.1. The summed E-state index contributed by atoms with van der Waals surface area (Å²) in [7, 11) is 1.62. The minimum atomic E-state index is -0.280. The Kier molecular flexibility index (Phi) is 7.95. The van der Waals surface area contributed by atoms with Gasteiger partial charge in [0, 0.05) is 18.5 Å². The Labute approximate surface area is 209 Å². The van der Waals surface area contributed by atoms with E-state index < -0.39 is 0 Å². The van der Waals surface area contributed by atoms with E-state index in [1.807, 2.05) is 90.4 Å². The van der Waals surface area contributed by atoms with Gasteiger partial charge in [0.15, 0.2) is 10.6 Å². The largest absolute Gasteiger partial charge is 0.497 e. The predicted molar refractivity (Wildman–Crippen MR) is 138 cm³/mol. The van der Waals surface area contributed by atoms with Gasteiger partial charge in [0.25, 0.3) is 0 Å². The number of carbonyl (C=O) groups is 1. The number of hydrogen-bond acceptors (Lipinski definition) is 5. The van der Waals surface area contributed by atoms with Crippen molar-refractivity contribution in [1.82, 2.24) is 20.1 Å². The lowest BCUT2D eigenvalue weighted by molar-refractivity contribution is -0.121. The Bertz CT molecular complexity index is 1300. The highest BCUT2D eigenvalue weighted by molar-refractivity contribution is 7.71. The van der Waals surface area contributed by atoms with Gasteiger partial charge in [0.1, 0.15) is 11.5 Å². The average Bonchev–Trinajstić information content (AvgIpc) is 3.27. The summed E-state index contributed by atoms with van der Waals surface area (Å²) in [5, 5.41) is 10.4. The summed E-state index contributed by atoms with van der Waals surface area (Å²) in [6.45, 7) is 2.95. The van der Waals surface area contributed by atoms with Crippen LogP contribution in [0.5, 0.6) is 11.5 Å². The lowest BCUT2D eigenvalue weighted by Crippen LogP contribution is -2.30.